The topological polar surface area (TPSA) is 182 Å². The van der Waals surface area contributed by atoms with Gasteiger partial charge in [-0.25, -0.2) is 22.0 Å². The van der Waals surface area contributed by atoms with Gasteiger partial charge < -0.3 is 15.2 Å². The van der Waals surface area contributed by atoms with Crippen LogP contribution in [0.2, 0.25) is 5.02 Å². The Kier molecular flexibility index (Phi) is 8.34. The molecule has 11 nitrogen and oxygen atoms in total. The summed E-state index contributed by atoms with van der Waals surface area (Å²) in [5.74, 6) is -2.04. The Balaban J connectivity index is 2.02. The summed E-state index contributed by atoms with van der Waals surface area (Å²) in [6, 6.07) is 8.44. The van der Waals surface area contributed by atoms with E-state index in [1.165, 1.54) is 42.5 Å². The Bertz CT molecular complexity index is 1200. The minimum Gasteiger partial charge on any atom is -0.454 e. The fourth-order valence-corrected chi connectivity index (χ4v) is 4.31. The van der Waals surface area contributed by atoms with Gasteiger partial charge in [-0.1, -0.05) is 17.7 Å². The molecule has 14 heteroatoms. The number of carbonyl (C=O) groups excluding carboxylic acids is 2. The predicted molar refractivity (Wildman–Crippen MR) is 115 cm³/mol. The summed E-state index contributed by atoms with van der Waals surface area (Å²) in [5.41, 5.74) is 0.0769. The van der Waals surface area contributed by atoms with Gasteiger partial charge in [-0.15, -0.1) is 0 Å². The molecule has 0 saturated carbocycles. The van der Waals surface area contributed by atoms with Crippen LogP contribution in [-0.2, 0) is 34.4 Å². The number of benzene rings is 2. The van der Waals surface area contributed by atoms with E-state index in [4.69, 9.17) is 21.5 Å². The van der Waals surface area contributed by atoms with Gasteiger partial charge in [-0.2, -0.15) is 4.72 Å². The zero-order valence-electron chi connectivity index (χ0n) is 16.6. The minimum atomic E-state index is -4.21. The summed E-state index contributed by atoms with van der Waals surface area (Å²) in [5, 5.41) is 17.5. The van der Waals surface area contributed by atoms with E-state index in [1.807, 2.05) is 4.72 Å². The van der Waals surface area contributed by atoms with Gasteiger partial charge in [0.25, 0.3) is 5.91 Å². The van der Waals surface area contributed by atoms with Gasteiger partial charge in [0.1, 0.15) is 6.04 Å². The number of hydrogen-bond donors (Lipinski definition) is 4. The number of halogens is 1. The fourth-order valence-electron chi connectivity index (χ4n) is 2.37. The molecule has 2 aromatic carbocycles. The van der Waals surface area contributed by atoms with Crippen molar-refractivity contribution in [1.82, 2.24) is 4.72 Å². The Morgan fingerprint density at radius 2 is 1.72 bits per heavy atom. The number of amides is 1. The molecule has 2 rings (SSSR count). The van der Waals surface area contributed by atoms with E-state index in [0.29, 0.717) is 5.02 Å². The number of hydrogen-bond acceptors (Lipinski definition) is 8. The number of anilines is 1. The van der Waals surface area contributed by atoms with Crippen molar-refractivity contribution in [1.29, 1.82) is 0 Å². The van der Waals surface area contributed by atoms with Crippen LogP contribution < -0.4 is 15.2 Å². The number of aliphatic hydroxyl groups excluding tert-OH is 1. The maximum absolute atomic E-state index is 12.4. The third-order valence-corrected chi connectivity index (χ3v) is 6.55. The normalized spacial score (nSPS) is 13.8. The zero-order chi connectivity index (χ0) is 24.1. The molecule has 0 aromatic heterocycles. The average molecular weight is 506 g/mol. The number of primary sulfonamides is 1. The van der Waals surface area contributed by atoms with Gasteiger partial charge in [0.2, 0.25) is 20.0 Å². The molecule has 0 fully saturated rings. The van der Waals surface area contributed by atoms with Gasteiger partial charge in [-0.3, -0.25) is 9.59 Å². The first kappa shape index (κ1) is 25.7. The third kappa shape index (κ3) is 7.25. The molecule has 0 radical (unpaired) electrons. The standard InChI is InChI=1S/C18H20ClN3O8S2/c1-11(23)17(22-32(28,29)14-7-5-12(19)6-8-14)18(25)30-10-16(24)21-13-3-2-4-15(9-13)31(20,26)27/h2-9,11,17,22-23H,10H2,1H3,(H,21,24)(H2,20,26,27)/t11-,17+/m1/s1. The highest BCUT2D eigenvalue weighted by molar-refractivity contribution is 7.89. The zero-order valence-corrected chi connectivity index (χ0v) is 18.9. The number of rotatable bonds is 9. The van der Waals surface area contributed by atoms with Crippen molar-refractivity contribution >= 4 is 49.2 Å². The molecule has 2 atom stereocenters. The molecule has 0 aliphatic carbocycles. The molecule has 0 aliphatic rings. The molecule has 32 heavy (non-hydrogen) atoms. The quantitative estimate of drug-likeness (QED) is 0.348. The third-order valence-electron chi connectivity index (χ3n) is 3.93. The van der Waals surface area contributed by atoms with Crippen molar-refractivity contribution < 1.29 is 36.3 Å². The molecular weight excluding hydrogens is 486 g/mol. The van der Waals surface area contributed by atoms with Crippen LogP contribution in [0.1, 0.15) is 6.92 Å². The SMILES string of the molecule is C[C@@H](O)[C@H](NS(=O)(=O)c1ccc(Cl)cc1)C(=O)OCC(=O)Nc1cccc(S(N)(=O)=O)c1. The Morgan fingerprint density at radius 1 is 1.09 bits per heavy atom. The van der Waals surface area contributed by atoms with E-state index in [1.54, 1.807) is 0 Å². The lowest BCUT2D eigenvalue weighted by atomic mass is 10.2. The van der Waals surface area contributed by atoms with Crippen LogP contribution in [0, 0.1) is 0 Å². The van der Waals surface area contributed by atoms with Gasteiger partial charge in [0.05, 0.1) is 15.9 Å². The lowest BCUT2D eigenvalue weighted by Gasteiger charge is -2.20. The number of esters is 1. The molecule has 5 N–H and O–H groups in total. The summed E-state index contributed by atoms with van der Waals surface area (Å²) >= 11 is 5.72. The van der Waals surface area contributed by atoms with Gasteiger partial charge in [0, 0.05) is 10.7 Å². The van der Waals surface area contributed by atoms with Crippen molar-refractivity contribution in [3.05, 3.63) is 53.6 Å². The van der Waals surface area contributed by atoms with Gasteiger partial charge >= 0.3 is 5.97 Å². The van der Waals surface area contributed by atoms with Crippen molar-refractivity contribution in [3.63, 3.8) is 0 Å². The van der Waals surface area contributed by atoms with Crippen molar-refractivity contribution in [3.8, 4) is 0 Å². The van der Waals surface area contributed by atoms with Crippen LogP contribution in [0.15, 0.2) is 58.3 Å². The van der Waals surface area contributed by atoms with Crippen LogP contribution in [0.25, 0.3) is 0 Å². The van der Waals surface area contributed by atoms with Crippen molar-refractivity contribution in [2.75, 3.05) is 11.9 Å². The number of nitrogens with one attached hydrogen (secondary N) is 2. The number of aliphatic hydroxyl groups is 1. The summed E-state index contributed by atoms with van der Waals surface area (Å²) in [4.78, 5) is 23.9. The lowest BCUT2D eigenvalue weighted by molar-refractivity contribution is -0.151. The summed E-state index contributed by atoms with van der Waals surface area (Å²) in [7, 11) is -8.20. The molecule has 0 heterocycles. The minimum absolute atomic E-state index is 0.0769. The average Bonchev–Trinajstić information content (AvgIpc) is 2.70. The van der Waals surface area contributed by atoms with Crippen LogP contribution in [-0.4, -0.2) is 52.6 Å². The second-order valence-corrected chi connectivity index (χ2v) is 10.2. The van der Waals surface area contributed by atoms with Crippen LogP contribution in [0.5, 0.6) is 0 Å². The first-order valence-electron chi connectivity index (χ1n) is 8.85. The monoisotopic (exact) mass is 505 g/mol. The lowest BCUT2D eigenvalue weighted by Crippen LogP contribution is -2.48. The van der Waals surface area contributed by atoms with Crippen molar-refractivity contribution in [2.24, 2.45) is 5.14 Å². The molecule has 174 valence electrons. The molecular formula is C18H20ClN3O8S2. The van der Waals surface area contributed by atoms with Crippen LogP contribution in [0.3, 0.4) is 0 Å². The smallest absolute Gasteiger partial charge is 0.327 e. The molecule has 1 amide bonds. The Hall–Kier alpha value is -2.55. The highest BCUT2D eigenvalue weighted by Crippen LogP contribution is 2.16. The van der Waals surface area contributed by atoms with Gasteiger partial charge in [-0.05, 0) is 49.4 Å². The molecule has 0 aliphatic heterocycles. The van der Waals surface area contributed by atoms with Crippen LogP contribution in [0.4, 0.5) is 5.69 Å². The molecule has 0 saturated heterocycles. The van der Waals surface area contributed by atoms with E-state index in [2.05, 4.69) is 5.32 Å². The van der Waals surface area contributed by atoms with Gasteiger partial charge in [0.15, 0.2) is 6.61 Å². The number of nitrogens with two attached hydrogens (primary N) is 1. The predicted octanol–water partition coefficient (Wildman–Crippen LogP) is 0.197. The van der Waals surface area contributed by atoms with E-state index in [-0.39, 0.29) is 15.5 Å². The number of sulfonamides is 2. The molecule has 0 spiro atoms. The number of carbonyl (C=O) groups is 2. The molecule has 2 aromatic rings. The van der Waals surface area contributed by atoms with E-state index in [0.717, 1.165) is 13.0 Å². The Morgan fingerprint density at radius 3 is 2.28 bits per heavy atom. The summed E-state index contributed by atoms with van der Waals surface area (Å²) in [6.45, 7) is 0.333. The highest BCUT2D eigenvalue weighted by atomic mass is 35.5. The first-order chi connectivity index (χ1) is 14.8. The highest BCUT2D eigenvalue weighted by Gasteiger charge is 2.31. The molecule has 0 bridgehead atoms. The first-order valence-corrected chi connectivity index (χ1v) is 12.3. The second kappa shape index (κ2) is 10.4. The van der Waals surface area contributed by atoms with Crippen molar-refractivity contribution in [2.45, 2.75) is 28.9 Å². The fraction of sp³-hybridized carbons (Fsp3) is 0.222. The Labute approximate surface area is 189 Å². The second-order valence-electron chi connectivity index (χ2n) is 6.52. The van der Waals surface area contributed by atoms with E-state index < -0.39 is 50.7 Å². The van der Waals surface area contributed by atoms with E-state index >= 15 is 0 Å². The van der Waals surface area contributed by atoms with E-state index in [9.17, 15) is 31.5 Å². The largest absolute Gasteiger partial charge is 0.454 e. The summed E-state index contributed by atoms with van der Waals surface area (Å²) in [6.07, 6.45) is -1.49. The summed E-state index contributed by atoms with van der Waals surface area (Å²) < 4.78 is 54.4. The number of ether oxygens (including phenoxy) is 1. The van der Waals surface area contributed by atoms with Crippen LogP contribution >= 0.6 is 11.6 Å². The molecule has 0 unspecified atom stereocenters. The maximum Gasteiger partial charge on any atom is 0.327 e. The maximum atomic E-state index is 12.4.